The fourth-order valence-corrected chi connectivity index (χ4v) is 5.66. The molecule has 1 unspecified atom stereocenters. The van der Waals surface area contributed by atoms with Crippen molar-refractivity contribution in [3.05, 3.63) is 87.2 Å². The molecule has 0 saturated heterocycles. The average Bonchev–Trinajstić information content (AvgIpc) is 3.31. The summed E-state index contributed by atoms with van der Waals surface area (Å²) in [6, 6.07) is 8.31. The molecule has 0 radical (unpaired) electrons. The first-order valence-electron chi connectivity index (χ1n) is 9.48. The fraction of sp³-hybridized carbons (Fsp3) is 0.227. The number of ether oxygens (including phenoxy) is 1. The summed E-state index contributed by atoms with van der Waals surface area (Å²) >= 11 is 15.0. The molecule has 1 aromatic carbocycles. The predicted molar refractivity (Wildman–Crippen MR) is 126 cm³/mol. The molecule has 1 aliphatic heterocycles. The van der Waals surface area contributed by atoms with Crippen LogP contribution in [0.3, 0.4) is 0 Å². The monoisotopic (exact) mass is 492 g/mol. The van der Waals surface area contributed by atoms with E-state index in [1.807, 2.05) is 17.5 Å². The number of thiophene rings is 1. The van der Waals surface area contributed by atoms with Gasteiger partial charge in [-0.25, -0.2) is 9.79 Å². The number of esters is 1. The van der Waals surface area contributed by atoms with Crippen molar-refractivity contribution in [3.63, 3.8) is 0 Å². The van der Waals surface area contributed by atoms with E-state index in [0.717, 1.165) is 4.88 Å². The van der Waals surface area contributed by atoms with E-state index in [0.29, 0.717) is 36.2 Å². The predicted octanol–water partition coefficient (Wildman–Crippen LogP) is 4.56. The van der Waals surface area contributed by atoms with E-state index in [9.17, 15) is 9.59 Å². The van der Waals surface area contributed by atoms with Crippen LogP contribution in [0, 0.1) is 0 Å². The van der Waals surface area contributed by atoms with Crippen molar-refractivity contribution in [2.24, 2.45) is 4.99 Å². The number of allylic oxidation sites excluding steroid dienone is 1. The molecular formula is C22H18Cl2N2O3S2. The minimum atomic E-state index is -0.592. The molecule has 1 atom stereocenters. The summed E-state index contributed by atoms with van der Waals surface area (Å²) in [6.45, 7) is 5.35. The summed E-state index contributed by atoms with van der Waals surface area (Å²) in [5.74, 6) is -0.468. The molecule has 4 rings (SSSR count). The summed E-state index contributed by atoms with van der Waals surface area (Å²) in [5, 5.41) is 2.88. The van der Waals surface area contributed by atoms with Gasteiger partial charge in [-0.05, 0) is 56.0 Å². The Balaban J connectivity index is 1.93. The second kappa shape index (κ2) is 8.74. The van der Waals surface area contributed by atoms with Gasteiger partial charge in [0.15, 0.2) is 4.80 Å². The van der Waals surface area contributed by atoms with E-state index in [-0.39, 0.29) is 11.7 Å². The standard InChI is InChI=1S/C22H18Cl2N2O3S2/c1-11(2)29-21(28)18-12(3)25-22-26(19(18)16-5-4-8-30-16)20(27)17(31-22)9-13-6-7-14(23)10-15(13)24/h4-11,19H,1-3H3/b17-9-. The number of fused-ring (bicyclic) bond motifs is 1. The molecule has 5 nitrogen and oxygen atoms in total. The van der Waals surface area contributed by atoms with Gasteiger partial charge in [-0.1, -0.05) is 46.7 Å². The zero-order valence-electron chi connectivity index (χ0n) is 16.9. The number of carbonyl (C=O) groups is 1. The molecule has 0 saturated carbocycles. The summed E-state index contributed by atoms with van der Waals surface area (Å²) in [6.07, 6.45) is 1.44. The number of nitrogens with zero attached hydrogens (tertiary/aromatic N) is 2. The second-order valence-corrected chi connectivity index (χ2v) is 10.0. The van der Waals surface area contributed by atoms with Crippen LogP contribution in [0.5, 0.6) is 0 Å². The Morgan fingerprint density at radius 1 is 1.29 bits per heavy atom. The third-order valence-electron chi connectivity index (χ3n) is 4.65. The molecule has 3 heterocycles. The minimum absolute atomic E-state index is 0.240. The van der Waals surface area contributed by atoms with E-state index < -0.39 is 12.0 Å². The van der Waals surface area contributed by atoms with E-state index in [4.69, 9.17) is 27.9 Å². The number of benzene rings is 1. The van der Waals surface area contributed by atoms with E-state index in [1.165, 1.54) is 22.7 Å². The van der Waals surface area contributed by atoms with Gasteiger partial charge >= 0.3 is 5.97 Å². The van der Waals surface area contributed by atoms with Crippen molar-refractivity contribution in [1.82, 2.24) is 4.57 Å². The highest BCUT2D eigenvalue weighted by atomic mass is 35.5. The maximum absolute atomic E-state index is 13.4. The van der Waals surface area contributed by atoms with Crippen molar-refractivity contribution in [3.8, 4) is 0 Å². The van der Waals surface area contributed by atoms with Crippen LogP contribution in [0.4, 0.5) is 0 Å². The van der Waals surface area contributed by atoms with Gasteiger partial charge in [0.2, 0.25) is 0 Å². The van der Waals surface area contributed by atoms with Gasteiger partial charge in [0.05, 0.1) is 21.9 Å². The van der Waals surface area contributed by atoms with Crippen molar-refractivity contribution >= 4 is 57.9 Å². The van der Waals surface area contributed by atoms with Crippen LogP contribution in [0.2, 0.25) is 10.0 Å². The lowest BCUT2D eigenvalue weighted by Crippen LogP contribution is -2.39. The summed E-state index contributed by atoms with van der Waals surface area (Å²) in [4.78, 5) is 32.3. The number of hydrogen-bond acceptors (Lipinski definition) is 6. The summed E-state index contributed by atoms with van der Waals surface area (Å²) in [7, 11) is 0. The number of carbonyl (C=O) groups excluding carboxylic acids is 1. The van der Waals surface area contributed by atoms with Gasteiger partial charge in [0.25, 0.3) is 5.56 Å². The maximum Gasteiger partial charge on any atom is 0.338 e. The molecule has 0 amide bonds. The Labute approximate surface area is 196 Å². The van der Waals surface area contributed by atoms with Crippen LogP contribution in [0.25, 0.3) is 6.08 Å². The van der Waals surface area contributed by atoms with Gasteiger partial charge in [0.1, 0.15) is 6.04 Å². The first kappa shape index (κ1) is 22.0. The molecule has 0 aliphatic carbocycles. The quantitative estimate of drug-likeness (QED) is 0.501. The Kier molecular flexibility index (Phi) is 6.21. The van der Waals surface area contributed by atoms with Crippen molar-refractivity contribution in [2.75, 3.05) is 0 Å². The first-order chi connectivity index (χ1) is 14.8. The van der Waals surface area contributed by atoms with E-state index in [2.05, 4.69) is 4.99 Å². The van der Waals surface area contributed by atoms with Crippen molar-refractivity contribution < 1.29 is 9.53 Å². The van der Waals surface area contributed by atoms with Crippen LogP contribution in [-0.4, -0.2) is 16.6 Å². The molecule has 0 fully saturated rings. The summed E-state index contributed by atoms with van der Waals surface area (Å²) < 4.78 is 7.50. The first-order valence-corrected chi connectivity index (χ1v) is 11.9. The molecule has 31 heavy (non-hydrogen) atoms. The third kappa shape index (κ3) is 4.28. The SMILES string of the molecule is CC1=C(C(=O)OC(C)C)C(c2cccs2)n2c(s/c(=C\c3ccc(Cl)cc3Cl)c2=O)=N1. The number of aromatic nitrogens is 1. The fourth-order valence-electron chi connectivity index (χ4n) is 3.34. The van der Waals surface area contributed by atoms with Crippen molar-refractivity contribution in [1.29, 1.82) is 0 Å². The lowest BCUT2D eigenvalue weighted by molar-refractivity contribution is -0.143. The normalized spacial score (nSPS) is 16.5. The third-order valence-corrected chi connectivity index (χ3v) is 7.12. The highest BCUT2D eigenvalue weighted by Crippen LogP contribution is 2.33. The number of rotatable bonds is 4. The highest BCUT2D eigenvalue weighted by molar-refractivity contribution is 7.10. The smallest absolute Gasteiger partial charge is 0.338 e. The zero-order chi connectivity index (χ0) is 22.3. The van der Waals surface area contributed by atoms with Gasteiger partial charge in [-0.15, -0.1) is 11.3 Å². The molecule has 0 bridgehead atoms. The largest absolute Gasteiger partial charge is 0.459 e. The Morgan fingerprint density at radius 3 is 2.71 bits per heavy atom. The van der Waals surface area contributed by atoms with Crippen LogP contribution < -0.4 is 14.9 Å². The molecule has 160 valence electrons. The summed E-state index contributed by atoms with van der Waals surface area (Å²) in [5.41, 5.74) is 1.36. The number of halogens is 2. The van der Waals surface area contributed by atoms with E-state index >= 15 is 0 Å². The Morgan fingerprint density at radius 2 is 2.06 bits per heavy atom. The topological polar surface area (TPSA) is 60.7 Å². The number of thiazole rings is 1. The zero-order valence-corrected chi connectivity index (χ0v) is 20.0. The maximum atomic E-state index is 13.4. The van der Waals surface area contributed by atoms with Crippen LogP contribution >= 0.6 is 45.9 Å². The van der Waals surface area contributed by atoms with Crippen molar-refractivity contribution in [2.45, 2.75) is 32.9 Å². The molecule has 1 aliphatic rings. The molecular weight excluding hydrogens is 475 g/mol. The Bertz CT molecular complexity index is 1370. The highest BCUT2D eigenvalue weighted by Gasteiger charge is 2.34. The lowest BCUT2D eigenvalue weighted by Gasteiger charge is -2.24. The Hall–Kier alpha value is -2.19. The average molecular weight is 493 g/mol. The minimum Gasteiger partial charge on any atom is -0.459 e. The van der Waals surface area contributed by atoms with E-state index in [1.54, 1.807) is 49.6 Å². The lowest BCUT2D eigenvalue weighted by atomic mass is 10.0. The van der Waals surface area contributed by atoms with Crippen LogP contribution in [-0.2, 0) is 9.53 Å². The van der Waals surface area contributed by atoms with Gasteiger partial charge in [-0.3, -0.25) is 9.36 Å². The number of hydrogen-bond donors (Lipinski definition) is 0. The van der Waals surface area contributed by atoms with Crippen LogP contribution in [0.15, 0.2) is 56.8 Å². The molecule has 9 heteroatoms. The van der Waals surface area contributed by atoms with Gasteiger partial charge in [0, 0.05) is 14.9 Å². The van der Waals surface area contributed by atoms with Gasteiger partial charge in [-0.2, -0.15) is 0 Å². The molecule has 3 aromatic rings. The molecule has 2 aromatic heterocycles. The molecule has 0 N–H and O–H groups in total. The van der Waals surface area contributed by atoms with Gasteiger partial charge < -0.3 is 4.74 Å². The molecule has 0 spiro atoms. The second-order valence-electron chi connectivity index (χ2n) is 7.22. The van der Waals surface area contributed by atoms with Crippen LogP contribution in [0.1, 0.15) is 37.3 Å².